The van der Waals surface area contributed by atoms with Crippen molar-refractivity contribution in [2.45, 2.75) is 46.5 Å². The van der Waals surface area contributed by atoms with Crippen LogP contribution in [-0.4, -0.2) is 17.4 Å². The first-order chi connectivity index (χ1) is 9.35. The molecule has 1 aromatic heterocycles. The number of nitrogens with two attached hydrogens (primary N) is 1. The molecule has 1 amide bonds. The minimum absolute atomic E-state index is 0.0142. The van der Waals surface area contributed by atoms with Crippen molar-refractivity contribution >= 4 is 11.7 Å². The molecule has 0 saturated carbocycles. The number of pyridine rings is 1. The van der Waals surface area contributed by atoms with E-state index in [1.807, 2.05) is 0 Å². The molecule has 112 valence electrons. The Kier molecular flexibility index (Phi) is 5.92. The summed E-state index contributed by atoms with van der Waals surface area (Å²) in [5, 5.41) is 2.81. The Morgan fingerprint density at radius 2 is 2.15 bits per heavy atom. The average molecular weight is 281 g/mol. The largest absolute Gasteiger partial charge is 0.383 e. The van der Waals surface area contributed by atoms with Gasteiger partial charge in [-0.05, 0) is 17.9 Å². The van der Waals surface area contributed by atoms with E-state index in [2.05, 4.69) is 31.1 Å². The van der Waals surface area contributed by atoms with Gasteiger partial charge in [0.2, 0.25) is 0 Å². The van der Waals surface area contributed by atoms with Crippen LogP contribution in [0.25, 0.3) is 0 Å². The Bertz CT molecular complexity index is 460. The zero-order chi connectivity index (χ0) is 15.2. The van der Waals surface area contributed by atoms with Crippen LogP contribution in [-0.2, 0) is 0 Å². The maximum Gasteiger partial charge on any atom is 0.255 e. The van der Waals surface area contributed by atoms with Crippen LogP contribution in [0.15, 0.2) is 12.3 Å². The lowest BCUT2D eigenvalue weighted by atomic mass is 9.87. The number of amides is 1. The molecule has 1 heterocycles. The van der Waals surface area contributed by atoms with E-state index in [1.165, 1.54) is 12.8 Å². The summed E-state index contributed by atoms with van der Waals surface area (Å²) in [5.41, 5.74) is 5.70. The smallest absolute Gasteiger partial charge is 0.255 e. The third-order valence-electron chi connectivity index (χ3n) is 3.31. The molecule has 1 aromatic rings. The summed E-state index contributed by atoms with van der Waals surface area (Å²) in [6, 6.07) is 1.11. The highest BCUT2D eigenvalue weighted by Gasteiger charge is 2.20. The molecule has 5 heteroatoms. The summed E-state index contributed by atoms with van der Waals surface area (Å²) < 4.78 is 13.1. The number of carbonyl (C=O) groups is 1. The van der Waals surface area contributed by atoms with Crippen molar-refractivity contribution in [3.05, 3.63) is 23.6 Å². The topological polar surface area (TPSA) is 68.0 Å². The number of hydrogen-bond acceptors (Lipinski definition) is 3. The van der Waals surface area contributed by atoms with Crippen molar-refractivity contribution in [1.29, 1.82) is 0 Å². The van der Waals surface area contributed by atoms with Gasteiger partial charge >= 0.3 is 0 Å². The molecule has 1 rings (SSSR count). The van der Waals surface area contributed by atoms with Gasteiger partial charge in [0.1, 0.15) is 11.6 Å². The van der Waals surface area contributed by atoms with E-state index in [4.69, 9.17) is 5.73 Å². The third-order valence-corrected chi connectivity index (χ3v) is 3.31. The Balaban J connectivity index is 2.56. The molecule has 20 heavy (non-hydrogen) atoms. The molecular formula is C15H24FN3O. The normalized spacial score (nSPS) is 11.4. The summed E-state index contributed by atoms with van der Waals surface area (Å²) in [5.74, 6) is -0.891. The second-order valence-corrected chi connectivity index (χ2v) is 5.89. The number of nitrogen functional groups attached to an aromatic ring is 1. The molecule has 0 fully saturated rings. The van der Waals surface area contributed by atoms with E-state index in [1.54, 1.807) is 0 Å². The SMILES string of the molecule is CCCCCC(C)(C)CNC(=O)c1cc(F)cnc1N. The zero-order valence-corrected chi connectivity index (χ0v) is 12.5. The monoisotopic (exact) mass is 281 g/mol. The number of carbonyl (C=O) groups excluding carboxylic acids is 1. The van der Waals surface area contributed by atoms with Gasteiger partial charge in [0.05, 0.1) is 11.8 Å². The minimum atomic E-state index is -0.563. The second-order valence-electron chi connectivity index (χ2n) is 5.89. The number of aromatic nitrogens is 1. The number of nitrogens with zero attached hydrogens (tertiary/aromatic N) is 1. The summed E-state index contributed by atoms with van der Waals surface area (Å²) >= 11 is 0. The van der Waals surface area contributed by atoms with Crippen LogP contribution >= 0.6 is 0 Å². The molecule has 0 aromatic carbocycles. The van der Waals surface area contributed by atoms with Crippen LogP contribution in [0.4, 0.5) is 10.2 Å². The van der Waals surface area contributed by atoms with Crippen molar-refractivity contribution < 1.29 is 9.18 Å². The predicted molar refractivity (Wildman–Crippen MR) is 78.9 cm³/mol. The average Bonchev–Trinajstić information content (AvgIpc) is 2.39. The van der Waals surface area contributed by atoms with Crippen molar-refractivity contribution in [1.82, 2.24) is 10.3 Å². The lowest BCUT2D eigenvalue weighted by Crippen LogP contribution is -2.34. The fraction of sp³-hybridized carbons (Fsp3) is 0.600. The highest BCUT2D eigenvalue weighted by molar-refractivity contribution is 5.98. The van der Waals surface area contributed by atoms with Gasteiger partial charge in [-0.25, -0.2) is 9.37 Å². The third kappa shape index (κ3) is 5.15. The van der Waals surface area contributed by atoms with Gasteiger partial charge in [0.25, 0.3) is 5.91 Å². The predicted octanol–water partition coefficient (Wildman–Crippen LogP) is 3.14. The molecule has 3 N–H and O–H groups in total. The van der Waals surface area contributed by atoms with Crippen LogP contribution in [0.3, 0.4) is 0 Å². The van der Waals surface area contributed by atoms with Crippen LogP contribution < -0.4 is 11.1 Å². The lowest BCUT2D eigenvalue weighted by Gasteiger charge is -2.25. The van der Waals surface area contributed by atoms with Crippen LogP contribution in [0.5, 0.6) is 0 Å². The molecule has 0 radical (unpaired) electrons. The van der Waals surface area contributed by atoms with E-state index < -0.39 is 5.82 Å². The minimum Gasteiger partial charge on any atom is -0.383 e. The molecule has 0 bridgehead atoms. The maximum absolute atomic E-state index is 13.1. The summed E-state index contributed by atoms with van der Waals surface area (Å²) in [6.07, 6.45) is 5.55. The fourth-order valence-electron chi connectivity index (χ4n) is 1.99. The summed E-state index contributed by atoms with van der Waals surface area (Å²) in [4.78, 5) is 15.6. The summed E-state index contributed by atoms with van der Waals surface area (Å²) in [6.45, 7) is 6.91. The molecule has 0 aliphatic rings. The Morgan fingerprint density at radius 3 is 2.80 bits per heavy atom. The second kappa shape index (κ2) is 7.22. The highest BCUT2D eigenvalue weighted by Crippen LogP contribution is 2.23. The van der Waals surface area contributed by atoms with Gasteiger partial charge in [0, 0.05) is 6.54 Å². The number of halogens is 1. The lowest BCUT2D eigenvalue weighted by molar-refractivity contribution is 0.0934. The number of unbranched alkanes of at least 4 members (excludes halogenated alkanes) is 2. The number of nitrogens with one attached hydrogen (secondary N) is 1. The standard InChI is InChI=1S/C15H24FN3O/c1-4-5-6-7-15(2,3)10-19-14(20)12-8-11(16)9-18-13(12)17/h8-9H,4-7,10H2,1-3H3,(H2,17,18)(H,19,20). The van der Waals surface area contributed by atoms with Crippen molar-refractivity contribution in [2.24, 2.45) is 5.41 Å². The van der Waals surface area contributed by atoms with E-state index >= 15 is 0 Å². The first-order valence-electron chi connectivity index (χ1n) is 7.05. The van der Waals surface area contributed by atoms with Crippen molar-refractivity contribution in [2.75, 3.05) is 12.3 Å². The number of anilines is 1. The van der Waals surface area contributed by atoms with Gasteiger partial charge in [-0.2, -0.15) is 0 Å². The van der Waals surface area contributed by atoms with Crippen LogP contribution in [0, 0.1) is 11.2 Å². The summed E-state index contributed by atoms with van der Waals surface area (Å²) in [7, 11) is 0. The molecule has 0 saturated heterocycles. The first kappa shape index (κ1) is 16.4. The fourth-order valence-corrected chi connectivity index (χ4v) is 1.99. The van der Waals surface area contributed by atoms with E-state index in [9.17, 15) is 9.18 Å². The Labute approximate surface area is 120 Å². The zero-order valence-electron chi connectivity index (χ0n) is 12.5. The molecule has 0 spiro atoms. The van der Waals surface area contributed by atoms with Gasteiger partial charge in [0.15, 0.2) is 0 Å². The maximum atomic E-state index is 13.1. The Hall–Kier alpha value is -1.65. The van der Waals surface area contributed by atoms with Crippen LogP contribution in [0.1, 0.15) is 56.8 Å². The number of rotatable bonds is 7. The molecule has 4 nitrogen and oxygen atoms in total. The quantitative estimate of drug-likeness (QED) is 0.754. The van der Waals surface area contributed by atoms with Gasteiger partial charge in [-0.15, -0.1) is 0 Å². The van der Waals surface area contributed by atoms with Crippen LogP contribution in [0.2, 0.25) is 0 Å². The van der Waals surface area contributed by atoms with E-state index in [-0.39, 0.29) is 22.7 Å². The van der Waals surface area contributed by atoms with E-state index in [0.29, 0.717) is 6.54 Å². The molecular weight excluding hydrogens is 257 g/mol. The van der Waals surface area contributed by atoms with Crippen molar-refractivity contribution in [3.63, 3.8) is 0 Å². The van der Waals surface area contributed by atoms with Gasteiger partial charge in [-0.3, -0.25) is 4.79 Å². The van der Waals surface area contributed by atoms with Crippen molar-refractivity contribution in [3.8, 4) is 0 Å². The number of hydrogen-bond donors (Lipinski definition) is 2. The molecule has 0 atom stereocenters. The van der Waals surface area contributed by atoms with Gasteiger partial charge in [-0.1, -0.05) is 40.0 Å². The highest BCUT2D eigenvalue weighted by atomic mass is 19.1. The Morgan fingerprint density at radius 1 is 1.45 bits per heavy atom. The molecule has 0 aliphatic heterocycles. The molecule has 0 unspecified atom stereocenters. The van der Waals surface area contributed by atoms with E-state index in [0.717, 1.165) is 25.1 Å². The molecule has 0 aliphatic carbocycles. The van der Waals surface area contributed by atoms with Gasteiger partial charge < -0.3 is 11.1 Å². The first-order valence-corrected chi connectivity index (χ1v) is 7.05.